The summed E-state index contributed by atoms with van der Waals surface area (Å²) < 4.78 is 5.56. The molecule has 1 aromatic heterocycles. The maximum atomic E-state index is 6.34. The third-order valence-corrected chi connectivity index (χ3v) is 5.92. The number of aryl methyl sites for hydroxylation is 3. The lowest BCUT2D eigenvalue weighted by molar-refractivity contribution is 0.122. The maximum absolute atomic E-state index is 6.34. The van der Waals surface area contributed by atoms with Crippen LogP contribution in [-0.2, 0) is 17.6 Å². The fourth-order valence-electron chi connectivity index (χ4n) is 4.03. The van der Waals surface area contributed by atoms with Crippen LogP contribution in [0, 0.1) is 6.92 Å². The van der Waals surface area contributed by atoms with Gasteiger partial charge in [0.25, 0.3) is 0 Å². The number of rotatable bonds is 1. The molecule has 0 unspecified atom stereocenters. The van der Waals surface area contributed by atoms with Crippen molar-refractivity contribution >= 4 is 40.4 Å². The predicted octanol–water partition coefficient (Wildman–Crippen LogP) is 4.86. The lowest BCUT2D eigenvalue weighted by atomic mass is 9.99. The van der Waals surface area contributed by atoms with Gasteiger partial charge in [0.1, 0.15) is 5.02 Å². The summed E-state index contributed by atoms with van der Waals surface area (Å²) in [7, 11) is 0. The minimum Gasteiger partial charge on any atom is -0.378 e. The standard InChI is InChI=1S/C23H24ClN5O/c1-15-11-21(29-7-9-30-10-8-29)17-6-5-16-3-2-4-18(12-16)26-22-19(24)14-25-23(28-22)27-20(15)13-17/h2-4,11-14H,5-10H2,1H3,(H2,25,26,27,28). The van der Waals surface area contributed by atoms with Crippen molar-refractivity contribution in [3.05, 3.63) is 64.3 Å². The van der Waals surface area contributed by atoms with Gasteiger partial charge in [0.15, 0.2) is 5.82 Å². The third-order valence-electron chi connectivity index (χ3n) is 5.64. The monoisotopic (exact) mass is 421 g/mol. The van der Waals surface area contributed by atoms with Gasteiger partial charge in [-0.05, 0) is 60.7 Å². The second kappa shape index (κ2) is 8.13. The van der Waals surface area contributed by atoms with Crippen LogP contribution in [0.2, 0.25) is 5.02 Å². The molecule has 0 atom stereocenters. The van der Waals surface area contributed by atoms with E-state index in [1.165, 1.54) is 16.8 Å². The molecule has 2 N–H and O–H groups in total. The van der Waals surface area contributed by atoms with E-state index < -0.39 is 0 Å². The summed E-state index contributed by atoms with van der Waals surface area (Å²) >= 11 is 6.34. The van der Waals surface area contributed by atoms with Crippen LogP contribution in [0.1, 0.15) is 16.7 Å². The summed E-state index contributed by atoms with van der Waals surface area (Å²) in [6.45, 7) is 5.50. The highest BCUT2D eigenvalue weighted by molar-refractivity contribution is 6.32. The molecule has 0 radical (unpaired) electrons. The van der Waals surface area contributed by atoms with Gasteiger partial charge in [-0.1, -0.05) is 23.7 Å². The number of aromatic nitrogens is 2. The van der Waals surface area contributed by atoms with Gasteiger partial charge >= 0.3 is 0 Å². The van der Waals surface area contributed by atoms with Gasteiger partial charge in [-0.15, -0.1) is 0 Å². The fourth-order valence-corrected chi connectivity index (χ4v) is 4.17. The normalized spacial score (nSPS) is 15.9. The third kappa shape index (κ3) is 3.93. The Morgan fingerprint density at radius 2 is 1.93 bits per heavy atom. The molecule has 2 aromatic carbocycles. The molecule has 0 amide bonds. The van der Waals surface area contributed by atoms with Crippen LogP contribution in [0.25, 0.3) is 0 Å². The molecule has 1 saturated heterocycles. The molecule has 5 rings (SSSR count). The quantitative estimate of drug-likeness (QED) is 0.585. The van der Waals surface area contributed by atoms with Crippen molar-refractivity contribution in [1.82, 2.24) is 9.97 Å². The molecule has 0 saturated carbocycles. The van der Waals surface area contributed by atoms with Gasteiger partial charge in [-0.3, -0.25) is 0 Å². The van der Waals surface area contributed by atoms with Gasteiger partial charge < -0.3 is 20.3 Å². The molecular weight excluding hydrogens is 398 g/mol. The Hall–Kier alpha value is -2.83. The van der Waals surface area contributed by atoms with Crippen LogP contribution >= 0.6 is 11.6 Å². The van der Waals surface area contributed by atoms with E-state index >= 15 is 0 Å². The number of morpholine rings is 1. The van der Waals surface area contributed by atoms with Crippen molar-refractivity contribution in [2.75, 3.05) is 41.8 Å². The first-order valence-corrected chi connectivity index (χ1v) is 10.7. The minimum absolute atomic E-state index is 0.487. The first kappa shape index (κ1) is 19.2. The molecule has 2 aliphatic heterocycles. The topological polar surface area (TPSA) is 62.3 Å². The number of fused-ring (bicyclic) bond motifs is 6. The van der Waals surface area contributed by atoms with E-state index in [9.17, 15) is 0 Å². The number of benzene rings is 2. The van der Waals surface area contributed by atoms with Gasteiger partial charge in [0.05, 0.1) is 19.4 Å². The molecule has 6 bridgehead atoms. The Morgan fingerprint density at radius 1 is 1.07 bits per heavy atom. The van der Waals surface area contributed by atoms with Crippen molar-refractivity contribution in [3.63, 3.8) is 0 Å². The molecule has 0 spiro atoms. The average molecular weight is 422 g/mol. The number of hydrogen-bond acceptors (Lipinski definition) is 6. The predicted molar refractivity (Wildman–Crippen MR) is 122 cm³/mol. The first-order valence-electron chi connectivity index (χ1n) is 10.3. The maximum Gasteiger partial charge on any atom is 0.229 e. The minimum atomic E-state index is 0.487. The Kier molecular flexibility index (Phi) is 5.19. The lowest BCUT2D eigenvalue weighted by Crippen LogP contribution is -2.36. The first-order chi connectivity index (χ1) is 14.7. The highest BCUT2D eigenvalue weighted by Gasteiger charge is 2.18. The van der Waals surface area contributed by atoms with Crippen molar-refractivity contribution < 1.29 is 4.74 Å². The Morgan fingerprint density at radius 3 is 2.80 bits per heavy atom. The molecule has 1 fully saturated rings. The second-order valence-electron chi connectivity index (χ2n) is 7.74. The summed E-state index contributed by atoms with van der Waals surface area (Å²) in [5, 5.41) is 7.21. The molecule has 7 heteroatoms. The van der Waals surface area contributed by atoms with Crippen LogP contribution in [-0.4, -0.2) is 36.3 Å². The van der Waals surface area contributed by atoms with E-state index in [1.807, 2.05) is 6.07 Å². The van der Waals surface area contributed by atoms with E-state index in [4.69, 9.17) is 16.3 Å². The molecule has 30 heavy (non-hydrogen) atoms. The van der Waals surface area contributed by atoms with E-state index in [1.54, 1.807) is 6.20 Å². The SMILES string of the molecule is Cc1cc(N2CCOCC2)c2cc1Nc1ncc(Cl)c(n1)Nc1cccc(c1)CC2. The van der Waals surface area contributed by atoms with Crippen LogP contribution in [0.4, 0.5) is 28.8 Å². The number of hydrogen-bond donors (Lipinski definition) is 2. The summed E-state index contributed by atoms with van der Waals surface area (Å²) in [5.74, 6) is 1.11. The summed E-state index contributed by atoms with van der Waals surface area (Å²) in [6.07, 6.45) is 3.53. The molecule has 2 aliphatic rings. The van der Waals surface area contributed by atoms with E-state index in [2.05, 4.69) is 62.8 Å². The van der Waals surface area contributed by atoms with Crippen LogP contribution in [0.3, 0.4) is 0 Å². The average Bonchev–Trinajstić information content (AvgIpc) is 2.77. The summed E-state index contributed by atoms with van der Waals surface area (Å²) in [6, 6.07) is 12.9. The molecule has 0 aliphatic carbocycles. The lowest BCUT2D eigenvalue weighted by Gasteiger charge is -2.31. The molecule has 6 nitrogen and oxygen atoms in total. The molecule has 154 valence electrons. The Labute approximate surface area is 181 Å². The zero-order valence-electron chi connectivity index (χ0n) is 16.9. The molecule has 3 heterocycles. The van der Waals surface area contributed by atoms with Crippen molar-refractivity contribution in [2.45, 2.75) is 19.8 Å². The van der Waals surface area contributed by atoms with E-state index in [-0.39, 0.29) is 0 Å². The van der Waals surface area contributed by atoms with E-state index in [0.29, 0.717) is 16.8 Å². The summed E-state index contributed by atoms with van der Waals surface area (Å²) in [5.41, 5.74) is 7.02. The van der Waals surface area contributed by atoms with Crippen molar-refractivity contribution in [1.29, 1.82) is 0 Å². The van der Waals surface area contributed by atoms with Gasteiger partial charge in [0, 0.05) is 30.2 Å². The number of ether oxygens (including phenoxy) is 1. The smallest absolute Gasteiger partial charge is 0.229 e. The van der Waals surface area contributed by atoms with Gasteiger partial charge in [-0.25, -0.2) is 4.98 Å². The largest absolute Gasteiger partial charge is 0.378 e. The number of halogens is 1. The van der Waals surface area contributed by atoms with Gasteiger partial charge in [-0.2, -0.15) is 4.98 Å². The zero-order valence-corrected chi connectivity index (χ0v) is 17.7. The molecular formula is C23H24ClN5O. The summed E-state index contributed by atoms with van der Waals surface area (Å²) in [4.78, 5) is 11.4. The number of nitrogens with one attached hydrogen (secondary N) is 2. The Balaban J connectivity index is 1.61. The van der Waals surface area contributed by atoms with E-state index in [0.717, 1.165) is 56.1 Å². The second-order valence-corrected chi connectivity index (χ2v) is 8.14. The van der Waals surface area contributed by atoms with Crippen molar-refractivity contribution in [3.8, 4) is 0 Å². The van der Waals surface area contributed by atoms with Crippen LogP contribution < -0.4 is 15.5 Å². The van der Waals surface area contributed by atoms with Crippen LogP contribution in [0.15, 0.2) is 42.6 Å². The van der Waals surface area contributed by atoms with Gasteiger partial charge in [0.2, 0.25) is 5.95 Å². The number of nitrogens with zero attached hydrogens (tertiary/aromatic N) is 3. The van der Waals surface area contributed by atoms with Crippen LogP contribution in [0.5, 0.6) is 0 Å². The molecule has 3 aromatic rings. The number of anilines is 5. The fraction of sp³-hybridized carbons (Fsp3) is 0.304. The highest BCUT2D eigenvalue weighted by Crippen LogP contribution is 2.32. The van der Waals surface area contributed by atoms with Crippen molar-refractivity contribution in [2.24, 2.45) is 0 Å². The highest BCUT2D eigenvalue weighted by atomic mass is 35.5. The zero-order chi connectivity index (χ0) is 20.5. The Bertz CT molecular complexity index is 1080.